The zero-order valence-electron chi connectivity index (χ0n) is 12.8. The SMILES string of the molecule is COC(=O)[C@@]12CC[C@]1(C(=O)O)CN(C(=O)OC(C)(C)C)C2. The molecular weight excluding hydrogens is 278 g/mol. The van der Waals surface area contributed by atoms with Gasteiger partial charge in [-0.15, -0.1) is 0 Å². The monoisotopic (exact) mass is 299 g/mol. The summed E-state index contributed by atoms with van der Waals surface area (Å²) in [4.78, 5) is 37.2. The van der Waals surface area contributed by atoms with Crippen molar-refractivity contribution in [3.8, 4) is 0 Å². The number of hydrogen-bond acceptors (Lipinski definition) is 5. The van der Waals surface area contributed by atoms with Crippen LogP contribution in [0.2, 0.25) is 0 Å². The minimum Gasteiger partial charge on any atom is -0.481 e. The molecule has 0 aromatic heterocycles. The average Bonchev–Trinajstić information content (AvgIpc) is 2.57. The highest BCUT2D eigenvalue weighted by Gasteiger charge is 2.74. The van der Waals surface area contributed by atoms with Gasteiger partial charge < -0.3 is 19.5 Å². The van der Waals surface area contributed by atoms with Crippen molar-refractivity contribution in [1.82, 2.24) is 4.90 Å². The number of fused-ring (bicyclic) bond motifs is 1. The van der Waals surface area contributed by atoms with Gasteiger partial charge in [0.1, 0.15) is 16.4 Å². The Hall–Kier alpha value is -1.79. The second kappa shape index (κ2) is 4.61. The lowest BCUT2D eigenvalue weighted by atomic mass is 9.51. The van der Waals surface area contributed by atoms with E-state index in [1.54, 1.807) is 20.8 Å². The Labute approximate surface area is 123 Å². The summed E-state index contributed by atoms with van der Waals surface area (Å²) in [5, 5.41) is 9.55. The van der Waals surface area contributed by atoms with Crippen molar-refractivity contribution in [2.75, 3.05) is 20.2 Å². The van der Waals surface area contributed by atoms with E-state index in [2.05, 4.69) is 0 Å². The van der Waals surface area contributed by atoms with Gasteiger partial charge in [-0.3, -0.25) is 9.59 Å². The molecule has 118 valence electrons. The number of likely N-dealkylation sites (tertiary alicyclic amines) is 1. The Kier molecular flexibility index (Phi) is 3.42. The number of aliphatic carboxylic acids is 1. The number of nitrogens with zero attached hydrogens (tertiary/aromatic N) is 1. The number of rotatable bonds is 2. The molecule has 0 unspecified atom stereocenters. The number of esters is 1. The second-order valence-corrected chi connectivity index (χ2v) is 6.80. The van der Waals surface area contributed by atoms with E-state index in [1.165, 1.54) is 12.0 Å². The summed E-state index contributed by atoms with van der Waals surface area (Å²) < 4.78 is 10.1. The number of ether oxygens (including phenoxy) is 2. The third-order valence-electron chi connectivity index (χ3n) is 4.45. The first-order chi connectivity index (χ1) is 9.58. The molecule has 2 atom stereocenters. The summed E-state index contributed by atoms with van der Waals surface area (Å²) in [5.41, 5.74) is -3.07. The van der Waals surface area contributed by atoms with Crippen molar-refractivity contribution in [3.63, 3.8) is 0 Å². The van der Waals surface area contributed by atoms with Crippen molar-refractivity contribution in [1.29, 1.82) is 0 Å². The second-order valence-electron chi connectivity index (χ2n) is 6.80. The maximum absolute atomic E-state index is 12.2. The minimum atomic E-state index is -1.25. The lowest BCUT2D eigenvalue weighted by Gasteiger charge is -2.48. The fourth-order valence-corrected chi connectivity index (χ4v) is 3.29. The number of hydrogen-bond donors (Lipinski definition) is 1. The van der Waals surface area contributed by atoms with Crippen LogP contribution in [0.15, 0.2) is 0 Å². The summed E-state index contributed by atoms with van der Waals surface area (Å²) in [5.74, 6) is -1.63. The fourth-order valence-electron chi connectivity index (χ4n) is 3.29. The summed E-state index contributed by atoms with van der Waals surface area (Å²) in [6, 6.07) is 0. The molecule has 1 aliphatic carbocycles. The first kappa shape index (κ1) is 15.6. The first-order valence-electron chi connectivity index (χ1n) is 6.88. The molecule has 0 bridgehead atoms. The molecule has 2 rings (SSSR count). The lowest BCUT2D eigenvalue weighted by Crippen LogP contribution is -2.59. The number of methoxy groups -OCH3 is 1. The molecule has 1 N–H and O–H groups in total. The molecule has 7 nitrogen and oxygen atoms in total. The van der Waals surface area contributed by atoms with Gasteiger partial charge in [-0.2, -0.15) is 0 Å². The van der Waals surface area contributed by atoms with Crippen LogP contribution >= 0.6 is 0 Å². The molecule has 2 fully saturated rings. The van der Waals surface area contributed by atoms with Gasteiger partial charge in [-0.25, -0.2) is 4.79 Å². The molecular formula is C14H21NO6. The zero-order chi connectivity index (χ0) is 16.1. The van der Waals surface area contributed by atoms with Crippen molar-refractivity contribution in [3.05, 3.63) is 0 Å². The number of amides is 1. The van der Waals surface area contributed by atoms with Crippen molar-refractivity contribution in [2.24, 2.45) is 10.8 Å². The summed E-state index contributed by atoms with van der Waals surface area (Å²) in [6.07, 6.45) is 0.169. The quantitative estimate of drug-likeness (QED) is 0.772. The average molecular weight is 299 g/mol. The Morgan fingerprint density at radius 2 is 1.62 bits per heavy atom. The Balaban J connectivity index is 2.27. The standard InChI is InChI=1S/C14H21NO6/c1-12(2,3)21-11(19)15-7-13(9(16)17)5-6-14(13,8-15)10(18)20-4/h5-8H2,1-4H3,(H,16,17)/t13-,14+/m1/s1. The minimum absolute atomic E-state index is 0.0215. The number of carboxylic acid groups (broad SMARTS) is 1. The maximum atomic E-state index is 12.2. The van der Waals surface area contributed by atoms with E-state index < -0.39 is 34.5 Å². The van der Waals surface area contributed by atoms with Gasteiger partial charge >= 0.3 is 18.0 Å². The fraction of sp³-hybridized carbons (Fsp3) is 0.786. The van der Waals surface area contributed by atoms with Crippen molar-refractivity contribution in [2.45, 2.75) is 39.2 Å². The number of carbonyl (C=O) groups excluding carboxylic acids is 2. The smallest absolute Gasteiger partial charge is 0.410 e. The van der Waals surface area contributed by atoms with Crippen LogP contribution in [0, 0.1) is 10.8 Å². The van der Waals surface area contributed by atoms with Crippen LogP contribution in [0.3, 0.4) is 0 Å². The molecule has 1 saturated carbocycles. The summed E-state index contributed by atoms with van der Waals surface area (Å²) in [7, 11) is 1.23. The van der Waals surface area contributed by atoms with E-state index in [4.69, 9.17) is 9.47 Å². The van der Waals surface area contributed by atoms with Gasteiger partial charge in [0.25, 0.3) is 0 Å². The molecule has 1 aliphatic heterocycles. The van der Waals surface area contributed by atoms with E-state index in [0.717, 1.165) is 0 Å². The first-order valence-corrected chi connectivity index (χ1v) is 6.88. The van der Waals surface area contributed by atoms with Gasteiger partial charge in [0.05, 0.1) is 7.11 Å². The Bertz CT molecular complexity index is 496. The van der Waals surface area contributed by atoms with Crippen LogP contribution in [0.1, 0.15) is 33.6 Å². The van der Waals surface area contributed by atoms with Gasteiger partial charge in [-0.1, -0.05) is 0 Å². The lowest BCUT2D eigenvalue weighted by molar-refractivity contribution is -0.185. The van der Waals surface area contributed by atoms with Crippen LogP contribution in [0.25, 0.3) is 0 Å². The molecule has 2 aliphatic rings. The van der Waals surface area contributed by atoms with Crippen molar-refractivity contribution >= 4 is 18.0 Å². The molecule has 0 aromatic rings. The Morgan fingerprint density at radius 3 is 2.00 bits per heavy atom. The van der Waals surface area contributed by atoms with Crippen LogP contribution in [0.5, 0.6) is 0 Å². The summed E-state index contributed by atoms with van der Waals surface area (Å²) in [6.45, 7) is 5.21. The van der Waals surface area contributed by atoms with Gasteiger partial charge in [-0.05, 0) is 33.6 Å². The van der Waals surface area contributed by atoms with Crippen LogP contribution in [-0.2, 0) is 19.1 Å². The van der Waals surface area contributed by atoms with Crippen LogP contribution in [-0.4, -0.2) is 53.8 Å². The third-order valence-corrected chi connectivity index (χ3v) is 4.45. The van der Waals surface area contributed by atoms with E-state index in [-0.39, 0.29) is 13.1 Å². The third kappa shape index (κ3) is 2.15. The predicted octanol–water partition coefficient (Wildman–Crippen LogP) is 1.26. The molecule has 0 aromatic carbocycles. The molecule has 7 heteroatoms. The highest BCUT2D eigenvalue weighted by molar-refractivity contribution is 5.92. The van der Waals surface area contributed by atoms with E-state index in [0.29, 0.717) is 12.8 Å². The normalized spacial score (nSPS) is 31.1. The van der Waals surface area contributed by atoms with Crippen LogP contribution in [0.4, 0.5) is 4.79 Å². The van der Waals surface area contributed by atoms with E-state index in [1.807, 2.05) is 0 Å². The highest BCUT2D eigenvalue weighted by atomic mass is 16.6. The zero-order valence-corrected chi connectivity index (χ0v) is 12.8. The van der Waals surface area contributed by atoms with Gasteiger partial charge in [0.2, 0.25) is 0 Å². The molecule has 21 heavy (non-hydrogen) atoms. The molecule has 1 saturated heterocycles. The highest BCUT2D eigenvalue weighted by Crippen LogP contribution is 2.62. The van der Waals surface area contributed by atoms with Crippen molar-refractivity contribution < 1.29 is 29.0 Å². The number of carbonyl (C=O) groups is 3. The van der Waals surface area contributed by atoms with E-state index in [9.17, 15) is 19.5 Å². The number of carboxylic acids is 1. The molecule has 0 radical (unpaired) electrons. The predicted molar refractivity (Wildman–Crippen MR) is 71.6 cm³/mol. The molecule has 1 amide bonds. The Morgan fingerprint density at radius 1 is 1.10 bits per heavy atom. The van der Waals surface area contributed by atoms with Gasteiger partial charge in [0.15, 0.2) is 0 Å². The molecule has 0 spiro atoms. The summed E-state index contributed by atoms with van der Waals surface area (Å²) >= 11 is 0. The van der Waals surface area contributed by atoms with E-state index >= 15 is 0 Å². The van der Waals surface area contributed by atoms with Gasteiger partial charge in [0, 0.05) is 13.1 Å². The molecule has 1 heterocycles. The topological polar surface area (TPSA) is 93.1 Å². The van der Waals surface area contributed by atoms with Crippen LogP contribution < -0.4 is 0 Å². The largest absolute Gasteiger partial charge is 0.481 e. The maximum Gasteiger partial charge on any atom is 0.410 e.